The second-order valence-corrected chi connectivity index (χ2v) is 12.4. The van der Waals surface area contributed by atoms with Crippen LogP contribution in [0.15, 0.2) is 143 Å². The monoisotopic (exact) mass is 604 g/mol. The number of furan rings is 2. The number of benzene rings is 6. The summed E-state index contributed by atoms with van der Waals surface area (Å²) in [6.07, 6.45) is 11.6. The van der Waals surface area contributed by atoms with Crippen LogP contribution in [0.25, 0.3) is 84.2 Å². The molecule has 1 aliphatic rings. The van der Waals surface area contributed by atoms with Crippen molar-refractivity contribution in [1.82, 2.24) is 0 Å². The van der Waals surface area contributed by atoms with Crippen molar-refractivity contribution < 1.29 is 8.83 Å². The lowest BCUT2D eigenvalue weighted by molar-refractivity contribution is 0.562. The van der Waals surface area contributed by atoms with Gasteiger partial charge in [-0.1, -0.05) is 128 Å². The molecule has 8 aromatic rings. The Labute approximate surface area is 272 Å². The zero-order chi connectivity index (χ0) is 31.5. The predicted octanol–water partition coefficient (Wildman–Crippen LogP) is 11.1. The standard InChI is InChI=1S/C45H32O2/c1-3-4-17-33-28(2)42(29-13-6-5-7-14-29)35-19-8-9-20-36(35)43(33)32-16-12-15-30(26-32)31-22-25-41-39(27-31)38-24-23-37-34-18-10-11-21-40(34)46-44(37)45(38)47-41/h3-21,23-27,31H,1,22H2,2H3/b17-4-. The van der Waals surface area contributed by atoms with Gasteiger partial charge in [0.1, 0.15) is 11.0 Å². The Morgan fingerprint density at radius 1 is 0.660 bits per heavy atom. The van der Waals surface area contributed by atoms with Crippen LogP contribution in [-0.2, 0) is 0 Å². The minimum absolute atomic E-state index is 0.220. The van der Waals surface area contributed by atoms with Crippen molar-refractivity contribution in [3.63, 3.8) is 0 Å². The topological polar surface area (TPSA) is 26.3 Å². The summed E-state index contributed by atoms with van der Waals surface area (Å²) in [4.78, 5) is 0. The summed E-state index contributed by atoms with van der Waals surface area (Å²) in [6.45, 7) is 6.23. The number of rotatable bonds is 5. The van der Waals surface area contributed by atoms with Gasteiger partial charge in [0.2, 0.25) is 0 Å². The van der Waals surface area contributed by atoms with E-state index in [4.69, 9.17) is 8.83 Å². The molecule has 1 atom stereocenters. The minimum atomic E-state index is 0.220. The molecule has 1 unspecified atom stereocenters. The van der Waals surface area contributed by atoms with E-state index in [0.29, 0.717) is 0 Å². The summed E-state index contributed by atoms with van der Waals surface area (Å²) >= 11 is 0. The largest absolute Gasteiger partial charge is 0.452 e. The molecule has 0 bridgehead atoms. The number of hydrogen-bond acceptors (Lipinski definition) is 2. The first-order valence-electron chi connectivity index (χ1n) is 16.2. The van der Waals surface area contributed by atoms with Crippen LogP contribution in [0.5, 0.6) is 0 Å². The van der Waals surface area contributed by atoms with Gasteiger partial charge in [0.15, 0.2) is 11.2 Å². The molecule has 47 heavy (non-hydrogen) atoms. The molecule has 6 aromatic carbocycles. The van der Waals surface area contributed by atoms with Crippen molar-refractivity contribution in [2.75, 3.05) is 0 Å². The molecular weight excluding hydrogens is 572 g/mol. The Kier molecular flexibility index (Phi) is 6.36. The fourth-order valence-electron chi connectivity index (χ4n) is 7.61. The number of hydrogen-bond donors (Lipinski definition) is 0. The fraction of sp³-hybridized carbons (Fsp3) is 0.0667. The number of allylic oxidation sites excluding steroid dienone is 2. The molecule has 2 aromatic heterocycles. The van der Waals surface area contributed by atoms with Crippen LogP contribution in [0, 0.1) is 6.92 Å². The quantitative estimate of drug-likeness (QED) is 0.183. The highest BCUT2D eigenvalue weighted by molar-refractivity contribution is 6.13. The summed E-state index contributed by atoms with van der Waals surface area (Å²) in [5, 5.41) is 6.95. The molecule has 1 aliphatic carbocycles. The van der Waals surface area contributed by atoms with Crippen molar-refractivity contribution in [1.29, 1.82) is 0 Å². The van der Waals surface area contributed by atoms with Crippen molar-refractivity contribution in [2.45, 2.75) is 19.3 Å². The second kappa shape index (κ2) is 10.9. The van der Waals surface area contributed by atoms with Crippen LogP contribution in [-0.4, -0.2) is 0 Å². The van der Waals surface area contributed by atoms with Gasteiger partial charge in [0.25, 0.3) is 0 Å². The molecule has 2 nitrogen and oxygen atoms in total. The van der Waals surface area contributed by atoms with E-state index in [1.807, 2.05) is 24.3 Å². The molecule has 0 aliphatic heterocycles. The highest BCUT2D eigenvalue weighted by Gasteiger charge is 2.21. The molecular formula is C45H32O2. The average Bonchev–Trinajstić information content (AvgIpc) is 3.69. The number of fused-ring (bicyclic) bond motifs is 8. The van der Waals surface area contributed by atoms with Gasteiger partial charge in [-0.3, -0.25) is 0 Å². The van der Waals surface area contributed by atoms with Gasteiger partial charge in [-0.15, -0.1) is 0 Å². The van der Waals surface area contributed by atoms with Gasteiger partial charge in [0.05, 0.1) is 0 Å². The molecule has 0 N–H and O–H groups in total. The SMILES string of the molecule is C=C/C=C\c1c(C)c(-c2ccccc2)c2ccccc2c1-c1cccc(C2C=c3c(oc4c3ccc3c5ccccc5oc34)=CC2)c1. The van der Waals surface area contributed by atoms with E-state index in [1.165, 1.54) is 49.7 Å². The lowest BCUT2D eigenvalue weighted by Crippen LogP contribution is -2.24. The molecule has 0 radical (unpaired) electrons. The van der Waals surface area contributed by atoms with E-state index in [9.17, 15) is 0 Å². The van der Waals surface area contributed by atoms with E-state index in [-0.39, 0.29) is 5.92 Å². The molecule has 9 rings (SSSR count). The molecule has 0 fully saturated rings. The van der Waals surface area contributed by atoms with Crippen LogP contribution in [0.3, 0.4) is 0 Å². The average molecular weight is 605 g/mol. The lowest BCUT2D eigenvalue weighted by Gasteiger charge is -2.21. The number of para-hydroxylation sites is 1. The Bertz CT molecular complexity index is 2680. The van der Waals surface area contributed by atoms with E-state index in [0.717, 1.165) is 50.0 Å². The van der Waals surface area contributed by atoms with Crippen LogP contribution >= 0.6 is 0 Å². The normalized spacial score (nSPS) is 14.5. The molecule has 2 heteroatoms. The lowest BCUT2D eigenvalue weighted by atomic mass is 9.82. The van der Waals surface area contributed by atoms with Crippen LogP contribution in [0.1, 0.15) is 29.0 Å². The highest BCUT2D eigenvalue weighted by atomic mass is 16.4. The summed E-state index contributed by atoms with van der Waals surface area (Å²) in [5.74, 6) is 0.220. The van der Waals surface area contributed by atoms with Gasteiger partial charge in [-0.25, -0.2) is 0 Å². The smallest absolute Gasteiger partial charge is 0.178 e. The van der Waals surface area contributed by atoms with Gasteiger partial charge in [-0.05, 0) is 87.3 Å². The summed E-state index contributed by atoms with van der Waals surface area (Å²) < 4.78 is 12.8. The van der Waals surface area contributed by atoms with Crippen LogP contribution < -0.4 is 10.6 Å². The van der Waals surface area contributed by atoms with Gasteiger partial charge in [-0.2, -0.15) is 0 Å². The van der Waals surface area contributed by atoms with Crippen molar-refractivity contribution in [3.05, 3.63) is 161 Å². The maximum Gasteiger partial charge on any atom is 0.178 e. The first kappa shape index (κ1) is 27.5. The van der Waals surface area contributed by atoms with Gasteiger partial charge >= 0.3 is 0 Å². The third-order valence-corrected chi connectivity index (χ3v) is 9.77. The second-order valence-electron chi connectivity index (χ2n) is 12.4. The summed E-state index contributed by atoms with van der Waals surface area (Å²) in [5.41, 5.74) is 12.2. The van der Waals surface area contributed by atoms with Crippen LogP contribution in [0.2, 0.25) is 0 Å². The maximum absolute atomic E-state index is 6.48. The molecule has 0 saturated heterocycles. The fourth-order valence-corrected chi connectivity index (χ4v) is 7.61. The Hall–Kier alpha value is -5.86. The van der Waals surface area contributed by atoms with Crippen molar-refractivity contribution >= 4 is 61.9 Å². The van der Waals surface area contributed by atoms with Crippen molar-refractivity contribution in [3.8, 4) is 22.3 Å². The third-order valence-electron chi connectivity index (χ3n) is 9.77. The molecule has 0 amide bonds. The first-order valence-corrected chi connectivity index (χ1v) is 16.2. The third kappa shape index (κ3) is 4.33. The molecule has 0 spiro atoms. The zero-order valence-electron chi connectivity index (χ0n) is 26.2. The Balaban J connectivity index is 1.21. The minimum Gasteiger partial charge on any atom is -0.452 e. The summed E-state index contributed by atoms with van der Waals surface area (Å²) in [6, 6.07) is 41.2. The molecule has 224 valence electrons. The Morgan fingerprint density at radius 3 is 2.19 bits per heavy atom. The van der Waals surface area contributed by atoms with E-state index in [2.05, 4.69) is 135 Å². The van der Waals surface area contributed by atoms with E-state index >= 15 is 0 Å². The van der Waals surface area contributed by atoms with Gasteiger partial charge in [0, 0.05) is 27.3 Å². The highest BCUT2D eigenvalue weighted by Crippen LogP contribution is 2.43. The zero-order valence-corrected chi connectivity index (χ0v) is 26.2. The van der Waals surface area contributed by atoms with Gasteiger partial charge < -0.3 is 8.83 Å². The van der Waals surface area contributed by atoms with E-state index < -0.39 is 0 Å². The summed E-state index contributed by atoms with van der Waals surface area (Å²) in [7, 11) is 0. The predicted molar refractivity (Wildman–Crippen MR) is 198 cm³/mol. The molecule has 0 saturated carbocycles. The first-order chi connectivity index (χ1) is 23.2. The van der Waals surface area contributed by atoms with E-state index in [1.54, 1.807) is 0 Å². The van der Waals surface area contributed by atoms with Crippen LogP contribution in [0.4, 0.5) is 0 Å². The molecule has 2 heterocycles. The Morgan fingerprint density at radius 2 is 1.36 bits per heavy atom. The van der Waals surface area contributed by atoms with Crippen molar-refractivity contribution in [2.24, 2.45) is 0 Å². The maximum atomic E-state index is 6.48.